The average molecular weight is 242 g/mol. The first-order chi connectivity index (χ1) is 5.95. The molecular weight excluding hydrogens is 230 g/mol. The van der Waals surface area contributed by atoms with Crippen molar-refractivity contribution in [1.82, 2.24) is 4.98 Å². The third-order valence-electron chi connectivity index (χ3n) is 1.78. The number of aldehydes is 1. The van der Waals surface area contributed by atoms with Crippen LogP contribution in [0.1, 0.15) is 36.8 Å². The number of hydrogen-bond acceptors (Lipinski definition) is 2. The molecule has 1 rings (SSSR count). The van der Waals surface area contributed by atoms with E-state index >= 15 is 0 Å². The van der Waals surface area contributed by atoms with E-state index in [1.54, 1.807) is 6.20 Å². The van der Waals surface area contributed by atoms with Gasteiger partial charge >= 0.3 is 0 Å². The van der Waals surface area contributed by atoms with Gasteiger partial charge in [0.05, 0.1) is 0 Å². The van der Waals surface area contributed by atoms with Crippen LogP contribution in [0.2, 0.25) is 0 Å². The van der Waals surface area contributed by atoms with E-state index in [2.05, 4.69) is 41.7 Å². The summed E-state index contributed by atoms with van der Waals surface area (Å²) in [6.07, 6.45) is 2.51. The summed E-state index contributed by atoms with van der Waals surface area (Å²) in [6, 6.07) is 1.82. The van der Waals surface area contributed by atoms with Crippen LogP contribution < -0.4 is 0 Å². The van der Waals surface area contributed by atoms with Gasteiger partial charge in [-0.1, -0.05) is 20.8 Å². The van der Waals surface area contributed by atoms with E-state index in [9.17, 15) is 4.79 Å². The Morgan fingerprint density at radius 3 is 2.54 bits per heavy atom. The fraction of sp³-hybridized carbons (Fsp3) is 0.400. The maximum Gasteiger partial charge on any atom is 0.151 e. The van der Waals surface area contributed by atoms with Crippen LogP contribution in [0.3, 0.4) is 0 Å². The number of aromatic nitrogens is 1. The summed E-state index contributed by atoms with van der Waals surface area (Å²) in [4.78, 5) is 14.9. The minimum Gasteiger partial charge on any atom is -0.298 e. The van der Waals surface area contributed by atoms with E-state index in [0.29, 0.717) is 5.56 Å². The number of pyridine rings is 1. The van der Waals surface area contributed by atoms with Crippen LogP contribution in [0.4, 0.5) is 0 Å². The monoisotopic (exact) mass is 241 g/mol. The third-order valence-corrected chi connectivity index (χ3v) is 2.44. The summed E-state index contributed by atoms with van der Waals surface area (Å²) in [5.74, 6) is 0. The number of hydrogen-bond donors (Lipinski definition) is 0. The standard InChI is InChI=1S/C10H12BrNO/c1-10(2,3)9-4-7(6-13)8(11)5-12-9/h4-6H,1-3H3. The highest BCUT2D eigenvalue weighted by Crippen LogP contribution is 2.23. The highest BCUT2D eigenvalue weighted by atomic mass is 79.9. The van der Waals surface area contributed by atoms with Crippen LogP contribution >= 0.6 is 15.9 Å². The number of carbonyl (C=O) groups is 1. The zero-order valence-electron chi connectivity index (χ0n) is 7.97. The molecule has 2 nitrogen and oxygen atoms in total. The summed E-state index contributed by atoms with van der Waals surface area (Å²) in [7, 11) is 0. The van der Waals surface area contributed by atoms with Crippen molar-refractivity contribution in [2.24, 2.45) is 0 Å². The van der Waals surface area contributed by atoms with Crippen molar-refractivity contribution in [2.75, 3.05) is 0 Å². The van der Waals surface area contributed by atoms with Gasteiger partial charge in [0.15, 0.2) is 6.29 Å². The van der Waals surface area contributed by atoms with Crippen LogP contribution in [0.15, 0.2) is 16.7 Å². The molecule has 0 aliphatic heterocycles. The first-order valence-corrected chi connectivity index (χ1v) is 4.85. The van der Waals surface area contributed by atoms with Crippen molar-refractivity contribution >= 4 is 22.2 Å². The van der Waals surface area contributed by atoms with E-state index in [1.807, 2.05) is 6.07 Å². The van der Waals surface area contributed by atoms with Gasteiger partial charge in [0.2, 0.25) is 0 Å². The van der Waals surface area contributed by atoms with Crippen LogP contribution in [-0.4, -0.2) is 11.3 Å². The van der Waals surface area contributed by atoms with E-state index in [0.717, 1.165) is 16.5 Å². The van der Waals surface area contributed by atoms with Crippen LogP contribution in [0.5, 0.6) is 0 Å². The normalized spacial score (nSPS) is 11.4. The Morgan fingerprint density at radius 1 is 1.46 bits per heavy atom. The quantitative estimate of drug-likeness (QED) is 0.708. The molecule has 0 bridgehead atoms. The van der Waals surface area contributed by atoms with E-state index < -0.39 is 0 Å². The molecule has 13 heavy (non-hydrogen) atoms. The molecular formula is C10H12BrNO. The Bertz CT molecular complexity index is 328. The van der Waals surface area contributed by atoms with Crippen molar-refractivity contribution in [3.8, 4) is 0 Å². The second kappa shape index (κ2) is 3.58. The average Bonchev–Trinajstić information content (AvgIpc) is 2.03. The summed E-state index contributed by atoms with van der Waals surface area (Å²) in [5, 5.41) is 0. The zero-order valence-corrected chi connectivity index (χ0v) is 9.55. The van der Waals surface area contributed by atoms with Crippen molar-refractivity contribution in [3.05, 3.63) is 28.0 Å². The molecule has 0 saturated carbocycles. The van der Waals surface area contributed by atoms with Gasteiger partial charge in [0.1, 0.15) is 0 Å². The van der Waals surface area contributed by atoms with E-state index in [1.165, 1.54) is 0 Å². The summed E-state index contributed by atoms with van der Waals surface area (Å²) in [5.41, 5.74) is 1.57. The van der Waals surface area contributed by atoms with Gasteiger partial charge in [0, 0.05) is 27.3 Å². The first kappa shape index (κ1) is 10.4. The Morgan fingerprint density at radius 2 is 2.08 bits per heavy atom. The fourth-order valence-corrected chi connectivity index (χ4v) is 1.27. The largest absolute Gasteiger partial charge is 0.298 e. The number of rotatable bonds is 1. The molecule has 0 radical (unpaired) electrons. The van der Waals surface area contributed by atoms with Crippen LogP contribution in [0, 0.1) is 0 Å². The molecule has 0 aliphatic carbocycles. The molecule has 0 N–H and O–H groups in total. The molecule has 70 valence electrons. The zero-order chi connectivity index (χ0) is 10.1. The number of carbonyl (C=O) groups excluding carboxylic acids is 1. The molecule has 0 saturated heterocycles. The molecule has 0 aromatic carbocycles. The Hall–Kier alpha value is -0.700. The van der Waals surface area contributed by atoms with E-state index in [4.69, 9.17) is 0 Å². The molecule has 0 amide bonds. The fourth-order valence-electron chi connectivity index (χ4n) is 0.955. The van der Waals surface area contributed by atoms with Gasteiger partial charge in [-0.3, -0.25) is 9.78 Å². The second-order valence-electron chi connectivity index (χ2n) is 3.96. The third kappa shape index (κ3) is 2.37. The smallest absolute Gasteiger partial charge is 0.151 e. The van der Waals surface area contributed by atoms with Gasteiger partial charge in [0.25, 0.3) is 0 Å². The molecule has 0 unspecified atom stereocenters. The first-order valence-electron chi connectivity index (χ1n) is 4.06. The maximum absolute atomic E-state index is 10.6. The lowest BCUT2D eigenvalue weighted by Gasteiger charge is -2.17. The Balaban J connectivity index is 3.21. The van der Waals surface area contributed by atoms with Gasteiger partial charge in [-0.15, -0.1) is 0 Å². The summed E-state index contributed by atoms with van der Waals surface area (Å²) in [6.45, 7) is 6.20. The topological polar surface area (TPSA) is 30.0 Å². The van der Waals surface area contributed by atoms with Crippen molar-refractivity contribution < 1.29 is 4.79 Å². The number of nitrogens with zero attached hydrogens (tertiary/aromatic N) is 1. The molecule has 1 aromatic heterocycles. The highest BCUT2D eigenvalue weighted by molar-refractivity contribution is 9.10. The minimum atomic E-state index is -0.0154. The van der Waals surface area contributed by atoms with Crippen molar-refractivity contribution in [2.45, 2.75) is 26.2 Å². The van der Waals surface area contributed by atoms with Crippen LogP contribution in [0.25, 0.3) is 0 Å². The summed E-state index contributed by atoms with van der Waals surface area (Å²) < 4.78 is 0.746. The minimum absolute atomic E-state index is 0.0154. The van der Waals surface area contributed by atoms with Gasteiger partial charge < -0.3 is 0 Å². The molecule has 3 heteroatoms. The molecule has 0 aliphatic rings. The van der Waals surface area contributed by atoms with Crippen LogP contribution in [-0.2, 0) is 5.41 Å². The Labute approximate surface area is 86.5 Å². The van der Waals surface area contributed by atoms with E-state index in [-0.39, 0.29) is 5.41 Å². The maximum atomic E-state index is 10.6. The van der Waals surface area contributed by atoms with Crippen molar-refractivity contribution in [1.29, 1.82) is 0 Å². The van der Waals surface area contributed by atoms with Gasteiger partial charge in [-0.05, 0) is 22.0 Å². The molecule has 1 heterocycles. The SMILES string of the molecule is CC(C)(C)c1cc(C=O)c(Br)cn1. The Kier molecular flexibility index (Phi) is 2.86. The molecule has 0 fully saturated rings. The summed E-state index contributed by atoms with van der Waals surface area (Å²) >= 11 is 3.26. The molecule has 0 atom stereocenters. The molecule has 1 aromatic rings. The second-order valence-corrected chi connectivity index (χ2v) is 4.81. The highest BCUT2D eigenvalue weighted by Gasteiger charge is 2.16. The predicted octanol–water partition coefficient (Wildman–Crippen LogP) is 2.95. The predicted molar refractivity (Wildman–Crippen MR) is 56.0 cm³/mol. The lowest BCUT2D eigenvalue weighted by Crippen LogP contribution is -2.13. The van der Waals surface area contributed by atoms with Gasteiger partial charge in [-0.25, -0.2) is 0 Å². The lowest BCUT2D eigenvalue weighted by atomic mass is 9.91. The lowest BCUT2D eigenvalue weighted by molar-refractivity contribution is 0.112. The number of halogens is 1. The van der Waals surface area contributed by atoms with Crippen molar-refractivity contribution in [3.63, 3.8) is 0 Å². The molecule has 0 spiro atoms. The van der Waals surface area contributed by atoms with Gasteiger partial charge in [-0.2, -0.15) is 0 Å².